The minimum Gasteiger partial charge on any atom is -0.462 e. The Morgan fingerprint density at radius 1 is 0.970 bits per heavy atom. The van der Waals surface area contributed by atoms with Crippen LogP contribution in [0.4, 0.5) is 15.8 Å². The van der Waals surface area contributed by atoms with Gasteiger partial charge in [-0.25, -0.2) is 17.6 Å². The first-order valence-electron chi connectivity index (χ1n) is 10.1. The van der Waals surface area contributed by atoms with E-state index in [4.69, 9.17) is 4.74 Å². The van der Waals surface area contributed by atoms with Crippen molar-refractivity contribution in [1.29, 1.82) is 0 Å². The quantitative estimate of drug-likeness (QED) is 0.498. The molecular weight excluding hydrogens is 447 g/mol. The third-order valence-corrected chi connectivity index (χ3v) is 5.87. The lowest BCUT2D eigenvalue weighted by atomic mass is 10.1. The summed E-state index contributed by atoms with van der Waals surface area (Å²) in [6.45, 7) is 1.91. The Bertz CT molecular complexity index is 1240. The van der Waals surface area contributed by atoms with Gasteiger partial charge in [-0.15, -0.1) is 0 Å². The highest BCUT2D eigenvalue weighted by atomic mass is 32.2. The molecule has 0 bridgehead atoms. The number of amides is 1. The van der Waals surface area contributed by atoms with E-state index in [9.17, 15) is 22.4 Å². The van der Waals surface area contributed by atoms with Gasteiger partial charge in [0.15, 0.2) is 0 Å². The lowest BCUT2D eigenvalue weighted by Crippen LogP contribution is -2.29. The molecule has 0 aliphatic heterocycles. The second kappa shape index (κ2) is 10.3. The molecule has 0 atom stereocenters. The molecule has 0 radical (unpaired) electrons. The number of esters is 1. The number of hydrogen-bond acceptors (Lipinski definition) is 5. The molecule has 0 fully saturated rings. The van der Waals surface area contributed by atoms with Gasteiger partial charge in [-0.3, -0.25) is 9.10 Å². The van der Waals surface area contributed by atoms with Gasteiger partial charge < -0.3 is 10.1 Å². The third-order valence-electron chi connectivity index (χ3n) is 4.73. The first-order valence-corrected chi connectivity index (χ1v) is 11.9. The molecule has 3 aromatic carbocycles. The standard InChI is InChI=1S/C24H23FN2O5S/c1-3-32-24(29)21-6-4-5-7-22(21)26-23(28)18-10-14-20(15-11-18)27(33(2,30)31)16-17-8-12-19(25)13-9-17/h4-15H,3,16H2,1-2H3,(H,26,28). The SMILES string of the molecule is CCOC(=O)c1ccccc1NC(=O)c1ccc(N(Cc2ccc(F)cc2)S(C)(=O)=O)cc1. The number of anilines is 2. The summed E-state index contributed by atoms with van der Waals surface area (Å²) < 4.78 is 44.0. The van der Waals surface area contributed by atoms with Crippen LogP contribution in [0.5, 0.6) is 0 Å². The van der Waals surface area contributed by atoms with Crippen LogP contribution < -0.4 is 9.62 Å². The molecule has 0 saturated heterocycles. The summed E-state index contributed by atoms with van der Waals surface area (Å²) in [6.07, 6.45) is 1.07. The molecule has 172 valence electrons. The topological polar surface area (TPSA) is 92.8 Å². The van der Waals surface area contributed by atoms with Crippen molar-refractivity contribution in [3.63, 3.8) is 0 Å². The molecule has 0 spiro atoms. The van der Waals surface area contributed by atoms with Gasteiger partial charge in [0.2, 0.25) is 10.0 Å². The molecule has 1 amide bonds. The van der Waals surface area contributed by atoms with Crippen molar-refractivity contribution in [3.05, 3.63) is 95.3 Å². The Balaban J connectivity index is 1.80. The van der Waals surface area contributed by atoms with Gasteiger partial charge in [-0.1, -0.05) is 24.3 Å². The summed E-state index contributed by atoms with van der Waals surface area (Å²) in [5.74, 6) is -1.43. The number of benzene rings is 3. The molecule has 9 heteroatoms. The van der Waals surface area contributed by atoms with Crippen LogP contribution in [-0.4, -0.2) is 33.2 Å². The molecule has 7 nitrogen and oxygen atoms in total. The Hall–Kier alpha value is -3.72. The second-order valence-corrected chi connectivity index (χ2v) is 9.07. The molecule has 0 saturated carbocycles. The summed E-state index contributed by atoms with van der Waals surface area (Å²) in [4.78, 5) is 24.8. The number of carbonyl (C=O) groups is 2. The summed E-state index contributed by atoms with van der Waals surface area (Å²) in [6, 6.07) is 18.0. The maximum absolute atomic E-state index is 13.2. The predicted octanol–water partition coefficient (Wildman–Crippen LogP) is 4.22. The van der Waals surface area contributed by atoms with Gasteiger partial charge in [0.1, 0.15) is 5.82 Å². The van der Waals surface area contributed by atoms with Gasteiger partial charge in [-0.05, 0) is 61.0 Å². The van der Waals surface area contributed by atoms with Crippen LogP contribution in [0.25, 0.3) is 0 Å². The molecule has 3 aromatic rings. The maximum atomic E-state index is 13.2. The fourth-order valence-electron chi connectivity index (χ4n) is 3.11. The lowest BCUT2D eigenvalue weighted by Gasteiger charge is -2.22. The molecule has 1 N–H and O–H groups in total. The monoisotopic (exact) mass is 470 g/mol. The summed E-state index contributed by atoms with van der Waals surface area (Å²) >= 11 is 0. The van der Waals surface area contributed by atoms with Gasteiger partial charge in [-0.2, -0.15) is 0 Å². The summed E-state index contributed by atoms with van der Waals surface area (Å²) in [5, 5.41) is 2.68. The van der Waals surface area contributed by atoms with Gasteiger partial charge in [0, 0.05) is 5.56 Å². The van der Waals surface area contributed by atoms with Crippen LogP contribution in [0.2, 0.25) is 0 Å². The number of para-hydroxylation sites is 1. The van der Waals surface area contributed by atoms with E-state index >= 15 is 0 Å². The van der Waals surface area contributed by atoms with Crippen molar-refractivity contribution in [2.45, 2.75) is 13.5 Å². The number of nitrogens with one attached hydrogen (secondary N) is 1. The predicted molar refractivity (Wildman–Crippen MR) is 124 cm³/mol. The van der Waals surface area contributed by atoms with Crippen LogP contribution in [0.3, 0.4) is 0 Å². The van der Waals surface area contributed by atoms with Crippen LogP contribution in [-0.2, 0) is 21.3 Å². The smallest absolute Gasteiger partial charge is 0.340 e. The zero-order valence-electron chi connectivity index (χ0n) is 18.1. The average Bonchev–Trinajstić information content (AvgIpc) is 2.78. The van der Waals surface area contributed by atoms with E-state index in [2.05, 4.69) is 5.32 Å². The molecule has 33 heavy (non-hydrogen) atoms. The molecule has 3 rings (SSSR count). The Labute approximate surface area is 191 Å². The number of nitrogens with zero attached hydrogens (tertiary/aromatic N) is 1. The van der Waals surface area contributed by atoms with Crippen molar-refractivity contribution in [3.8, 4) is 0 Å². The van der Waals surface area contributed by atoms with E-state index in [-0.39, 0.29) is 24.3 Å². The number of halogens is 1. The van der Waals surface area contributed by atoms with Crippen LogP contribution in [0.15, 0.2) is 72.8 Å². The highest BCUT2D eigenvalue weighted by Crippen LogP contribution is 2.23. The van der Waals surface area contributed by atoms with E-state index in [1.807, 2.05) is 0 Å². The highest BCUT2D eigenvalue weighted by Gasteiger charge is 2.19. The lowest BCUT2D eigenvalue weighted by molar-refractivity contribution is 0.0527. The Kier molecular flexibility index (Phi) is 7.44. The second-order valence-electron chi connectivity index (χ2n) is 7.16. The Morgan fingerprint density at radius 2 is 1.61 bits per heavy atom. The normalized spacial score (nSPS) is 11.0. The Morgan fingerprint density at radius 3 is 2.21 bits per heavy atom. The maximum Gasteiger partial charge on any atom is 0.340 e. The molecule has 0 unspecified atom stereocenters. The van der Waals surface area contributed by atoms with Crippen molar-refractivity contribution < 1.29 is 27.1 Å². The van der Waals surface area contributed by atoms with E-state index in [0.717, 1.165) is 10.6 Å². The van der Waals surface area contributed by atoms with E-state index < -0.39 is 27.7 Å². The van der Waals surface area contributed by atoms with E-state index in [1.165, 1.54) is 48.5 Å². The van der Waals surface area contributed by atoms with Gasteiger partial charge in [0.05, 0.1) is 36.3 Å². The number of hydrogen-bond donors (Lipinski definition) is 1. The van der Waals surface area contributed by atoms with Crippen molar-refractivity contribution in [2.75, 3.05) is 22.5 Å². The van der Waals surface area contributed by atoms with Gasteiger partial charge in [0.25, 0.3) is 5.91 Å². The van der Waals surface area contributed by atoms with Crippen LogP contribution in [0, 0.1) is 5.82 Å². The number of ether oxygens (including phenoxy) is 1. The van der Waals surface area contributed by atoms with Crippen molar-refractivity contribution >= 4 is 33.3 Å². The summed E-state index contributed by atoms with van der Waals surface area (Å²) in [7, 11) is -3.64. The first-order chi connectivity index (χ1) is 15.7. The third kappa shape index (κ3) is 6.17. The molecule has 0 heterocycles. The minimum absolute atomic E-state index is 0.0115. The minimum atomic E-state index is -3.64. The first kappa shape index (κ1) is 23.9. The summed E-state index contributed by atoms with van der Waals surface area (Å²) in [5.41, 5.74) is 1.77. The molecule has 0 aliphatic rings. The number of sulfonamides is 1. The number of rotatable bonds is 8. The zero-order valence-corrected chi connectivity index (χ0v) is 18.9. The molecule has 0 aliphatic carbocycles. The van der Waals surface area contributed by atoms with Crippen LogP contribution in [0.1, 0.15) is 33.2 Å². The molecule has 0 aromatic heterocycles. The van der Waals surface area contributed by atoms with Gasteiger partial charge >= 0.3 is 5.97 Å². The van der Waals surface area contributed by atoms with Crippen molar-refractivity contribution in [2.24, 2.45) is 0 Å². The van der Waals surface area contributed by atoms with Crippen molar-refractivity contribution in [1.82, 2.24) is 0 Å². The fraction of sp³-hybridized carbons (Fsp3) is 0.167. The molecular formula is C24H23FN2O5S. The average molecular weight is 471 g/mol. The van der Waals surface area contributed by atoms with E-state index in [1.54, 1.807) is 31.2 Å². The zero-order chi connectivity index (χ0) is 24.0. The van der Waals surface area contributed by atoms with Crippen LogP contribution >= 0.6 is 0 Å². The van der Waals surface area contributed by atoms with E-state index in [0.29, 0.717) is 16.9 Å². The fourth-order valence-corrected chi connectivity index (χ4v) is 4.00. The largest absolute Gasteiger partial charge is 0.462 e. The highest BCUT2D eigenvalue weighted by molar-refractivity contribution is 7.92. The number of carbonyl (C=O) groups excluding carboxylic acids is 2.